The summed E-state index contributed by atoms with van der Waals surface area (Å²) in [6.45, 7) is 3.06. The molecule has 2 rings (SSSR count). The highest BCUT2D eigenvalue weighted by atomic mass is 16.5. The molecule has 1 heterocycles. The second-order valence-electron chi connectivity index (χ2n) is 4.89. The first kappa shape index (κ1) is 13.8. The number of hydrogen-bond donors (Lipinski definition) is 2. The van der Waals surface area contributed by atoms with Gasteiger partial charge >= 0.3 is 5.97 Å². The molecule has 2 N–H and O–H groups in total. The number of aromatic nitrogens is 1. The van der Waals surface area contributed by atoms with E-state index in [1.165, 1.54) is 12.8 Å². The quantitative estimate of drug-likeness (QED) is 0.772. The van der Waals surface area contributed by atoms with Crippen LogP contribution in [-0.4, -0.2) is 35.3 Å². The van der Waals surface area contributed by atoms with Crippen LogP contribution in [0.2, 0.25) is 0 Å². The summed E-state index contributed by atoms with van der Waals surface area (Å²) < 4.78 is 5.73. The SMILES string of the molecule is Cc1cc(C(=O)O)cc(NCCOC2CCCC2)n1. The summed E-state index contributed by atoms with van der Waals surface area (Å²) in [4.78, 5) is 15.2. The van der Waals surface area contributed by atoms with Crippen molar-refractivity contribution in [1.82, 2.24) is 4.98 Å². The zero-order valence-electron chi connectivity index (χ0n) is 11.2. The van der Waals surface area contributed by atoms with Gasteiger partial charge in [0.05, 0.1) is 18.3 Å². The third kappa shape index (κ3) is 4.21. The Morgan fingerprint density at radius 2 is 2.21 bits per heavy atom. The van der Waals surface area contributed by atoms with E-state index in [-0.39, 0.29) is 5.56 Å². The minimum atomic E-state index is -0.934. The molecule has 5 nitrogen and oxygen atoms in total. The van der Waals surface area contributed by atoms with E-state index in [1.807, 2.05) is 0 Å². The summed E-state index contributed by atoms with van der Waals surface area (Å²) in [6, 6.07) is 3.10. The van der Waals surface area contributed by atoms with Gasteiger partial charge < -0.3 is 15.2 Å². The van der Waals surface area contributed by atoms with E-state index in [0.29, 0.717) is 30.8 Å². The number of aromatic carboxylic acids is 1. The second-order valence-corrected chi connectivity index (χ2v) is 4.89. The highest BCUT2D eigenvalue weighted by Gasteiger charge is 2.14. The number of nitrogens with zero attached hydrogens (tertiary/aromatic N) is 1. The van der Waals surface area contributed by atoms with Gasteiger partial charge in [-0.3, -0.25) is 0 Å². The first-order valence-corrected chi connectivity index (χ1v) is 6.72. The van der Waals surface area contributed by atoms with Gasteiger partial charge in [-0.25, -0.2) is 9.78 Å². The average Bonchev–Trinajstić information content (AvgIpc) is 2.87. The molecule has 0 aromatic carbocycles. The van der Waals surface area contributed by atoms with Crippen molar-refractivity contribution in [2.24, 2.45) is 0 Å². The van der Waals surface area contributed by atoms with Crippen LogP contribution in [0.25, 0.3) is 0 Å². The van der Waals surface area contributed by atoms with Crippen LogP contribution >= 0.6 is 0 Å². The van der Waals surface area contributed by atoms with Crippen LogP contribution in [0.4, 0.5) is 5.82 Å². The number of carboxylic acids is 1. The van der Waals surface area contributed by atoms with Gasteiger partial charge in [0.15, 0.2) is 0 Å². The maximum atomic E-state index is 10.9. The van der Waals surface area contributed by atoms with Crippen molar-refractivity contribution in [2.75, 3.05) is 18.5 Å². The number of carbonyl (C=O) groups is 1. The van der Waals surface area contributed by atoms with Crippen LogP contribution in [0.15, 0.2) is 12.1 Å². The van der Waals surface area contributed by atoms with Crippen LogP contribution in [0, 0.1) is 6.92 Å². The Morgan fingerprint density at radius 1 is 1.47 bits per heavy atom. The zero-order chi connectivity index (χ0) is 13.7. The van der Waals surface area contributed by atoms with Crippen molar-refractivity contribution < 1.29 is 14.6 Å². The molecular formula is C14H20N2O3. The molecule has 19 heavy (non-hydrogen) atoms. The van der Waals surface area contributed by atoms with E-state index in [2.05, 4.69) is 10.3 Å². The van der Waals surface area contributed by atoms with E-state index in [1.54, 1.807) is 19.1 Å². The van der Waals surface area contributed by atoms with Gasteiger partial charge in [0, 0.05) is 12.2 Å². The van der Waals surface area contributed by atoms with E-state index in [4.69, 9.17) is 9.84 Å². The molecule has 0 bridgehead atoms. The molecule has 1 aromatic heterocycles. The van der Waals surface area contributed by atoms with Crippen molar-refractivity contribution in [1.29, 1.82) is 0 Å². The number of aryl methyl sites for hydroxylation is 1. The number of carboxylic acid groups (broad SMARTS) is 1. The number of ether oxygens (including phenoxy) is 1. The van der Waals surface area contributed by atoms with Gasteiger partial charge in [-0.15, -0.1) is 0 Å². The minimum Gasteiger partial charge on any atom is -0.478 e. The number of nitrogens with one attached hydrogen (secondary N) is 1. The zero-order valence-corrected chi connectivity index (χ0v) is 11.2. The molecule has 1 aliphatic carbocycles. The van der Waals surface area contributed by atoms with E-state index in [0.717, 1.165) is 12.8 Å². The summed E-state index contributed by atoms with van der Waals surface area (Å²) in [5, 5.41) is 12.1. The summed E-state index contributed by atoms with van der Waals surface area (Å²) in [7, 11) is 0. The lowest BCUT2D eigenvalue weighted by Gasteiger charge is -2.12. The predicted molar refractivity (Wildman–Crippen MR) is 72.6 cm³/mol. The van der Waals surface area contributed by atoms with Crippen molar-refractivity contribution in [3.05, 3.63) is 23.4 Å². The molecule has 104 valence electrons. The number of hydrogen-bond acceptors (Lipinski definition) is 4. The third-order valence-electron chi connectivity index (χ3n) is 3.26. The minimum absolute atomic E-state index is 0.256. The molecule has 0 amide bonds. The number of anilines is 1. The van der Waals surface area contributed by atoms with Crippen molar-refractivity contribution in [3.8, 4) is 0 Å². The average molecular weight is 264 g/mol. The molecule has 0 spiro atoms. The van der Waals surface area contributed by atoms with Gasteiger partial charge in [-0.2, -0.15) is 0 Å². The van der Waals surface area contributed by atoms with Crippen LogP contribution in [0.1, 0.15) is 41.7 Å². The maximum absolute atomic E-state index is 10.9. The van der Waals surface area contributed by atoms with Crippen molar-refractivity contribution in [2.45, 2.75) is 38.7 Å². The Morgan fingerprint density at radius 3 is 2.89 bits per heavy atom. The van der Waals surface area contributed by atoms with E-state index < -0.39 is 5.97 Å². The Balaban J connectivity index is 1.80. The van der Waals surface area contributed by atoms with Crippen LogP contribution in [0.5, 0.6) is 0 Å². The Kier molecular flexibility index (Phi) is 4.74. The molecule has 5 heteroatoms. The molecule has 0 aliphatic heterocycles. The standard InChI is InChI=1S/C14H20N2O3/c1-10-8-11(14(17)18)9-13(16-10)15-6-7-19-12-4-2-3-5-12/h8-9,12H,2-7H2,1H3,(H,15,16)(H,17,18). The largest absolute Gasteiger partial charge is 0.478 e. The Labute approximate surface area is 113 Å². The van der Waals surface area contributed by atoms with Gasteiger partial charge in [-0.05, 0) is 31.9 Å². The van der Waals surface area contributed by atoms with Crippen molar-refractivity contribution in [3.63, 3.8) is 0 Å². The number of rotatable bonds is 6. The van der Waals surface area contributed by atoms with Gasteiger partial charge in [0.2, 0.25) is 0 Å². The summed E-state index contributed by atoms with van der Waals surface area (Å²) in [6.07, 6.45) is 5.25. The maximum Gasteiger partial charge on any atom is 0.335 e. The lowest BCUT2D eigenvalue weighted by atomic mass is 10.2. The first-order valence-electron chi connectivity index (χ1n) is 6.72. The second kappa shape index (κ2) is 6.52. The topological polar surface area (TPSA) is 71.5 Å². The smallest absolute Gasteiger partial charge is 0.335 e. The highest BCUT2D eigenvalue weighted by Crippen LogP contribution is 2.20. The fraction of sp³-hybridized carbons (Fsp3) is 0.571. The molecule has 0 saturated heterocycles. The molecule has 1 aromatic rings. The van der Waals surface area contributed by atoms with Crippen LogP contribution < -0.4 is 5.32 Å². The van der Waals surface area contributed by atoms with Gasteiger partial charge in [-0.1, -0.05) is 12.8 Å². The molecular weight excluding hydrogens is 244 g/mol. The van der Waals surface area contributed by atoms with E-state index >= 15 is 0 Å². The predicted octanol–water partition coefficient (Wildman–Crippen LogP) is 2.46. The molecule has 1 saturated carbocycles. The van der Waals surface area contributed by atoms with E-state index in [9.17, 15) is 4.79 Å². The summed E-state index contributed by atoms with van der Waals surface area (Å²) in [5.74, 6) is -0.344. The van der Waals surface area contributed by atoms with Crippen LogP contribution in [-0.2, 0) is 4.74 Å². The number of pyridine rings is 1. The fourth-order valence-electron chi connectivity index (χ4n) is 2.34. The van der Waals surface area contributed by atoms with Gasteiger partial charge in [0.25, 0.3) is 0 Å². The first-order chi connectivity index (χ1) is 9.15. The Bertz CT molecular complexity index is 442. The van der Waals surface area contributed by atoms with Crippen molar-refractivity contribution >= 4 is 11.8 Å². The monoisotopic (exact) mass is 264 g/mol. The molecule has 0 atom stereocenters. The lowest BCUT2D eigenvalue weighted by molar-refractivity contribution is 0.0658. The highest BCUT2D eigenvalue weighted by molar-refractivity contribution is 5.88. The van der Waals surface area contributed by atoms with Crippen LogP contribution in [0.3, 0.4) is 0 Å². The summed E-state index contributed by atoms with van der Waals surface area (Å²) >= 11 is 0. The Hall–Kier alpha value is -1.62. The fourth-order valence-corrected chi connectivity index (χ4v) is 2.34. The lowest BCUT2D eigenvalue weighted by Crippen LogP contribution is -2.16. The molecule has 1 aliphatic rings. The molecule has 0 radical (unpaired) electrons. The third-order valence-corrected chi connectivity index (χ3v) is 3.26. The summed E-state index contributed by atoms with van der Waals surface area (Å²) in [5.41, 5.74) is 0.950. The molecule has 0 unspecified atom stereocenters. The normalized spacial score (nSPS) is 15.6. The molecule has 1 fully saturated rings. The van der Waals surface area contributed by atoms with Gasteiger partial charge in [0.1, 0.15) is 5.82 Å².